The number of aryl methyl sites for hydroxylation is 2. The number of aromatic nitrogens is 2. The van der Waals surface area contributed by atoms with Crippen LogP contribution in [0.4, 0.5) is 0 Å². The second kappa shape index (κ2) is 10.4. The third kappa shape index (κ3) is 5.35. The summed E-state index contributed by atoms with van der Waals surface area (Å²) in [5.41, 5.74) is 8.68. The molecule has 1 amide bonds. The Labute approximate surface area is 203 Å². The highest BCUT2D eigenvalue weighted by Gasteiger charge is 2.16. The highest BCUT2D eigenvalue weighted by atomic mass is 35.5. The van der Waals surface area contributed by atoms with Crippen LogP contribution in [0, 0.1) is 13.8 Å². The zero-order chi connectivity index (χ0) is 24.1. The van der Waals surface area contributed by atoms with Crippen LogP contribution in [0.3, 0.4) is 0 Å². The highest BCUT2D eigenvalue weighted by Crippen LogP contribution is 2.35. The number of amides is 1. The molecule has 0 aliphatic rings. The fourth-order valence-electron chi connectivity index (χ4n) is 3.44. The molecule has 4 aromatic rings. The lowest BCUT2D eigenvalue weighted by atomic mass is 10.1. The van der Waals surface area contributed by atoms with Crippen LogP contribution in [0.25, 0.3) is 16.9 Å². The second-order valence-electron chi connectivity index (χ2n) is 7.95. The van der Waals surface area contributed by atoms with Gasteiger partial charge in [-0.05, 0) is 62.2 Å². The molecule has 0 aliphatic heterocycles. The Bertz CT molecular complexity index is 1330. The zero-order valence-electron chi connectivity index (χ0n) is 19.2. The van der Waals surface area contributed by atoms with E-state index in [1.165, 1.54) is 0 Å². The van der Waals surface area contributed by atoms with Gasteiger partial charge < -0.3 is 4.74 Å². The van der Waals surface area contributed by atoms with Crippen LogP contribution in [0.1, 0.15) is 23.6 Å². The van der Waals surface area contributed by atoms with E-state index in [4.69, 9.17) is 16.3 Å². The number of carbonyl (C=O) groups excluding carboxylic acids is 1. The molecule has 3 aromatic carbocycles. The number of halogens is 1. The minimum Gasteiger partial charge on any atom is -0.483 e. The van der Waals surface area contributed by atoms with Gasteiger partial charge in [0.2, 0.25) is 0 Å². The van der Waals surface area contributed by atoms with Crippen LogP contribution in [0.5, 0.6) is 5.75 Å². The summed E-state index contributed by atoms with van der Waals surface area (Å²) in [6.07, 6.45) is 1.72. The van der Waals surface area contributed by atoms with Crippen molar-refractivity contribution in [1.82, 2.24) is 15.2 Å². The number of nitrogens with zero attached hydrogens (tertiary/aromatic N) is 3. The van der Waals surface area contributed by atoms with Crippen molar-refractivity contribution in [3.63, 3.8) is 0 Å². The number of ether oxygens (including phenoxy) is 1. The number of hydrogen-bond donors (Lipinski definition) is 1. The molecule has 6 nitrogen and oxygen atoms in total. The molecule has 0 saturated carbocycles. The molecular weight excluding hydrogens is 448 g/mol. The van der Waals surface area contributed by atoms with Crippen LogP contribution in [-0.2, 0) is 4.79 Å². The molecule has 0 fully saturated rings. The van der Waals surface area contributed by atoms with E-state index in [0.29, 0.717) is 16.5 Å². The Morgan fingerprint density at radius 1 is 1.06 bits per heavy atom. The van der Waals surface area contributed by atoms with Gasteiger partial charge in [-0.2, -0.15) is 10.2 Å². The number of carbonyl (C=O) groups is 1. The normalized spacial score (nSPS) is 11.4. The molecular formula is C27H25ClN4O2. The van der Waals surface area contributed by atoms with Crippen LogP contribution in [0.2, 0.25) is 5.02 Å². The van der Waals surface area contributed by atoms with Gasteiger partial charge >= 0.3 is 0 Å². The number of para-hydroxylation sites is 1. The van der Waals surface area contributed by atoms with E-state index in [2.05, 4.69) is 15.6 Å². The minimum atomic E-state index is -0.360. The average molecular weight is 473 g/mol. The van der Waals surface area contributed by atoms with Crippen LogP contribution < -0.4 is 10.2 Å². The van der Waals surface area contributed by atoms with Gasteiger partial charge in [-0.3, -0.25) is 4.79 Å². The van der Waals surface area contributed by atoms with E-state index in [1.807, 2.05) is 98.2 Å². The van der Waals surface area contributed by atoms with Gasteiger partial charge in [-0.15, -0.1) is 0 Å². The molecule has 1 aromatic heterocycles. The van der Waals surface area contributed by atoms with E-state index in [1.54, 1.807) is 6.20 Å². The molecule has 0 atom stereocenters. The van der Waals surface area contributed by atoms with E-state index in [-0.39, 0.29) is 12.5 Å². The summed E-state index contributed by atoms with van der Waals surface area (Å²) in [5.74, 6) is 0.176. The SMILES string of the molecule is C/C(=N\NC(=O)COc1cc(C)c(Cl)cc1-c1ccnn1-c1ccccc1)c1ccc(C)cc1. The Balaban J connectivity index is 1.53. The Hall–Kier alpha value is -3.90. The molecule has 1 N–H and O–H groups in total. The number of rotatable bonds is 7. The maximum Gasteiger partial charge on any atom is 0.277 e. The van der Waals surface area contributed by atoms with E-state index in [0.717, 1.165) is 33.6 Å². The van der Waals surface area contributed by atoms with E-state index in [9.17, 15) is 4.79 Å². The molecule has 0 spiro atoms. The van der Waals surface area contributed by atoms with Gasteiger partial charge in [0, 0.05) is 10.6 Å². The lowest BCUT2D eigenvalue weighted by Crippen LogP contribution is -2.25. The van der Waals surface area contributed by atoms with E-state index >= 15 is 0 Å². The van der Waals surface area contributed by atoms with E-state index < -0.39 is 0 Å². The van der Waals surface area contributed by atoms with Crippen molar-refractivity contribution in [3.05, 3.63) is 101 Å². The Kier molecular flexibility index (Phi) is 7.09. The number of hydrazone groups is 1. The molecule has 0 radical (unpaired) electrons. The highest BCUT2D eigenvalue weighted by molar-refractivity contribution is 6.31. The Morgan fingerprint density at radius 3 is 2.53 bits per heavy atom. The van der Waals surface area contributed by atoms with Crippen molar-refractivity contribution in [2.45, 2.75) is 20.8 Å². The van der Waals surface area contributed by atoms with Gasteiger partial charge in [0.15, 0.2) is 6.61 Å². The van der Waals surface area contributed by atoms with Gasteiger partial charge in [-0.25, -0.2) is 10.1 Å². The van der Waals surface area contributed by atoms with Crippen LogP contribution in [0.15, 0.2) is 84.1 Å². The summed E-state index contributed by atoms with van der Waals surface area (Å²) < 4.78 is 7.73. The topological polar surface area (TPSA) is 68.5 Å². The van der Waals surface area contributed by atoms with Crippen molar-refractivity contribution in [3.8, 4) is 22.7 Å². The largest absolute Gasteiger partial charge is 0.483 e. The van der Waals surface area contributed by atoms with Crippen molar-refractivity contribution >= 4 is 23.2 Å². The van der Waals surface area contributed by atoms with Crippen molar-refractivity contribution < 1.29 is 9.53 Å². The molecule has 7 heteroatoms. The smallest absolute Gasteiger partial charge is 0.277 e. The van der Waals surface area contributed by atoms with Gasteiger partial charge in [0.25, 0.3) is 5.91 Å². The van der Waals surface area contributed by atoms with Crippen LogP contribution in [-0.4, -0.2) is 28.0 Å². The molecule has 0 saturated heterocycles. The first-order valence-electron chi connectivity index (χ1n) is 10.9. The lowest BCUT2D eigenvalue weighted by Gasteiger charge is -2.15. The minimum absolute atomic E-state index is 0.196. The first-order valence-corrected chi connectivity index (χ1v) is 11.2. The summed E-state index contributed by atoms with van der Waals surface area (Å²) in [6, 6.07) is 23.3. The fraction of sp³-hybridized carbons (Fsp3) is 0.148. The number of nitrogens with one attached hydrogen (secondary N) is 1. The van der Waals surface area contributed by atoms with Gasteiger partial charge in [0.1, 0.15) is 5.75 Å². The van der Waals surface area contributed by atoms with Crippen molar-refractivity contribution in [1.29, 1.82) is 0 Å². The molecule has 172 valence electrons. The zero-order valence-corrected chi connectivity index (χ0v) is 20.0. The molecule has 34 heavy (non-hydrogen) atoms. The predicted molar refractivity (Wildman–Crippen MR) is 136 cm³/mol. The summed E-state index contributed by atoms with van der Waals surface area (Å²) in [7, 11) is 0. The second-order valence-corrected chi connectivity index (χ2v) is 8.36. The monoisotopic (exact) mass is 472 g/mol. The van der Waals surface area contributed by atoms with Crippen molar-refractivity contribution in [2.75, 3.05) is 6.61 Å². The summed E-state index contributed by atoms with van der Waals surface area (Å²) >= 11 is 6.43. The number of hydrogen-bond acceptors (Lipinski definition) is 4. The molecule has 0 bridgehead atoms. The van der Waals surface area contributed by atoms with Crippen LogP contribution >= 0.6 is 11.6 Å². The molecule has 0 unspecified atom stereocenters. The molecule has 1 heterocycles. The van der Waals surface area contributed by atoms with Crippen molar-refractivity contribution in [2.24, 2.45) is 5.10 Å². The molecule has 4 rings (SSSR count). The fourth-order valence-corrected chi connectivity index (χ4v) is 3.60. The summed E-state index contributed by atoms with van der Waals surface area (Å²) in [4.78, 5) is 12.5. The maximum absolute atomic E-state index is 12.5. The Morgan fingerprint density at radius 2 is 1.79 bits per heavy atom. The lowest BCUT2D eigenvalue weighted by molar-refractivity contribution is -0.123. The average Bonchev–Trinajstić information content (AvgIpc) is 3.34. The summed E-state index contributed by atoms with van der Waals surface area (Å²) in [6.45, 7) is 5.56. The first-order chi connectivity index (χ1) is 16.4. The number of benzene rings is 3. The quantitative estimate of drug-likeness (QED) is 0.276. The standard InChI is InChI=1S/C27H25ClN4O2/c1-18-9-11-21(12-10-18)20(3)30-31-27(33)17-34-26-15-19(2)24(28)16-23(26)25-13-14-29-32(25)22-7-5-4-6-8-22/h4-16H,17H2,1-3H3,(H,31,33)/b30-20+. The third-order valence-electron chi connectivity index (χ3n) is 5.36. The molecule has 0 aliphatic carbocycles. The maximum atomic E-state index is 12.5. The first kappa shape index (κ1) is 23.3. The summed E-state index contributed by atoms with van der Waals surface area (Å²) in [5, 5.41) is 9.25. The van der Waals surface area contributed by atoms with Gasteiger partial charge in [0.05, 0.1) is 23.3 Å². The predicted octanol–water partition coefficient (Wildman–Crippen LogP) is 5.73. The van der Waals surface area contributed by atoms with Gasteiger partial charge in [-0.1, -0.05) is 59.6 Å². The third-order valence-corrected chi connectivity index (χ3v) is 5.76.